The van der Waals surface area contributed by atoms with Gasteiger partial charge >= 0.3 is 0 Å². The van der Waals surface area contributed by atoms with Gasteiger partial charge in [0.15, 0.2) is 11.5 Å². The monoisotopic (exact) mass is 432 g/mol. The smallest absolute Gasteiger partial charge is 0.165 e. The van der Waals surface area contributed by atoms with Crippen molar-refractivity contribution in [3.8, 4) is 17.2 Å². The van der Waals surface area contributed by atoms with Crippen LogP contribution < -0.4 is 14.2 Å². The van der Waals surface area contributed by atoms with Gasteiger partial charge < -0.3 is 14.2 Å². The zero-order valence-corrected chi connectivity index (χ0v) is 19.3. The van der Waals surface area contributed by atoms with Crippen LogP contribution in [0, 0.1) is 0 Å². The van der Waals surface area contributed by atoms with E-state index < -0.39 is 0 Å². The second-order valence-electron chi connectivity index (χ2n) is 8.13. The number of ether oxygens (including phenoxy) is 3. The van der Waals surface area contributed by atoms with E-state index in [2.05, 4.69) is 31.2 Å². The Morgan fingerprint density at radius 1 is 0.531 bits per heavy atom. The molecule has 3 heteroatoms. The molecule has 0 aliphatic carbocycles. The van der Waals surface area contributed by atoms with Crippen molar-refractivity contribution >= 4 is 0 Å². The minimum atomic E-state index is 0.497. The van der Waals surface area contributed by atoms with E-state index in [4.69, 9.17) is 14.2 Å². The highest BCUT2D eigenvalue weighted by Gasteiger charge is 2.09. The third-order valence-electron chi connectivity index (χ3n) is 5.41. The van der Waals surface area contributed by atoms with Crippen LogP contribution in [-0.2, 0) is 13.2 Å². The molecular weight excluding hydrogens is 396 g/mol. The molecule has 0 bridgehead atoms. The molecule has 0 radical (unpaired) electrons. The van der Waals surface area contributed by atoms with Gasteiger partial charge in [-0.3, -0.25) is 0 Å². The van der Waals surface area contributed by atoms with Crippen molar-refractivity contribution in [2.45, 2.75) is 65.1 Å². The van der Waals surface area contributed by atoms with Gasteiger partial charge in [-0.15, -0.1) is 0 Å². The molecule has 0 amide bonds. The van der Waals surface area contributed by atoms with Gasteiger partial charge in [0.2, 0.25) is 0 Å². The van der Waals surface area contributed by atoms with Gasteiger partial charge in [-0.2, -0.15) is 0 Å². The number of hydrogen-bond donors (Lipinski definition) is 0. The lowest BCUT2D eigenvalue weighted by atomic mass is 10.1. The Morgan fingerprint density at radius 2 is 1.12 bits per heavy atom. The predicted octanol–water partition coefficient (Wildman–Crippen LogP) is 7.97. The molecule has 0 atom stereocenters. The van der Waals surface area contributed by atoms with E-state index in [0.29, 0.717) is 19.8 Å². The third kappa shape index (κ3) is 8.66. The zero-order valence-electron chi connectivity index (χ0n) is 19.3. The molecule has 0 fully saturated rings. The van der Waals surface area contributed by atoms with Crippen LogP contribution in [0.2, 0.25) is 0 Å². The van der Waals surface area contributed by atoms with Crippen LogP contribution in [0.15, 0.2) is 78.9 Å². The van der Waals surface area contributed by atoms with Gasteiger partial charge in [-0.25, -0.2) is 0 Å². The molecule has 3 aromatic carbocycles. The summed E-state index contributed by atoms with van der Waals surface area (Å²) < 4.78 is 18.2. The Hall–Kier alpha value is -2.94. The van der Waals surface area contributed by atoms with Crippen LogP contribution in [0.25, 0.3) is 0 Å². The molecule has 32 heavy (non-hydrogen) atoms. The van der Waals surface area contributed by atoms with E-state index in [1.165, 1.54) is 38.5 Å². The van der Waals surface area contributed by atoms with Gasteiger partial charge in [0.1, 0.15) is 19.0 Å². The normalized spacial score (nSPS) is 10.7. The lowest BCUT2D eigenvalue weighted by molar-refractivity contribution is 0.252. The summed E-state index contributed by atoms with van der Waals surface area (Å²) in [5.41, 5.74) is 2.26. The quantitative estimate of drug-likeness (QED) is 0.228. The molecule has 0 saturated heterocycles. The first-order chi connectivity index (χ1) is 15.8. The minimum absolute atomic E-state index is 0.497. The molecule has 0 aliphatic rings. The molecule has 0 heterocycles. The van der Waals surface area contributed by atoms with Crippen molar-refractivity contribution in [2.24, 2.45) is 0 Å². The molecule has 0 aromatic heterocycles. The number of hydrogen-bond acceptors (Lipinski definition) is 3. The number of benzene rings is 3. The molecule has 0 spiro atoms. The Labute approximate surface area is 193 Å². The molecule has 170 valence electrons. The maximum Gasteiger partial charge on any atom is 0.165 e. The van der Waals surface area contributed by atoms with E-state index in [1.54, 1.807) is 0 Å². The molecule has 3 rings (SSSR count). The van der Waals surface area contributed by atoms with Gasteiger partial charge in [-0.1, -0.05) is 106 Å². The van der Waals surface area contributed by atoms with E-state index in [1.807, 2.05) is 54.6 Å². The lowest BCUT2D eigenvalue weighted by Gasteiger charge is -2.15. The van der Waals surface area contributed by atoms with E-state index >= 15 is 0 Å². The zero-order chi connectivity index (χ0) is 22.3. The van der Waals surface area contributed by atoms with Crippen molar-refractivity contribution in [3.05, 3.63) is 90.0 Å². The van der Waals surface area contributed by atoms with E-state index in [0.717, 1.165) is 34.8 Å². The largest absolute Gasteiger partial charge is 0.490 e. The molecule has 3 nitrogen and oxygen atoms in total. The van der Waals surface area contributed by atoms with Crippen LogP contribution >= 0.6 is 0 Å². The highest BCUT2D eigenvalue weighted by Crippen LogP contribution is 2.33. The summed E-state index contributed by atoms with van der Waals surface area (Å²) in [6, 6.07) is 26.2. The second kappa shape index (κ2) is 14.2. The fourth-order valence-electron chi connectivity index (χ4n) is 3.53. The van der Waals surface area contributed by atoms with Gasteiger partial charge in [0.25, 0.3) is 0 Å². The fourth-order valence-corrected chi connectivity index (χ4v) is 3.53. The molecule has 0 unspecified atom stereocenters. The van der Waals surface area contributed by atoms with Crippen molar-refractivity contribution in [1.29, 1.82) is 0 Å². The average molecular weight is 433 g/mol. The third-order valence-corrected chi connectivity index (χ3v) is 5.41. The van der Waals surface area contributed by atoms with Crippen LogP contribution in [0.5, 0.6) is 17.2 Å². The molecule has 0 N–H and O–H groups in total. The standard InChI is InChI=1S/C29H36O3/c1-2-3-4-5-6-7-14-21-30-28-20-19-27(31-23-25-15-10-8-11-16-25)22-29(28)32-24-26-17-12-9-13-18-26/h8-13,15-20,22H,2-7,14,21,23-24H2,1H3. The first kappa shape index (κ1) is 23.7. The summed E-state index contributed by atoms with van der Waals surface area (Å²) in [6.07, 6.45) is 8.87. The Balaban J connectivity index is 1.55. The van der Waals surface area contributed by atoms with Crippen molar-refractivity contribution in [3.63, 3.8) is 0 Å². The van der Waals surface area contributed by atoms with Gasteiger partial charge in [-0.05, 0) is 29.7 Å². The van der Waals surface area contributed by atoms with Crippen LogP contribution in [0.4, 0.5) is 0 Å². The second-order valence-corrected chi connectivity index (χ2v) is 8.13. The maximum atomic E-state index is 6.13. The molecule has 0 saturated carbocycles. The summed E-state index contributed by atoms with van der Waals surface area (Å²) >= 11 is 0. The Morgan fingerprint density at radius 3 is 1.78 bits per heavy atom. The average Bonchev–Trinajstić information content (AvgIpc) is 2.85. The maximum absolute atomic E-state index is 6.13. The van der Waals surface area contributed by atoms with Crippen molar-refractivity contribution in [2.75, 3.05) is 6.61 Å². The topological polar surface area (TPSA) is 27.7 Å². The highest BCUT2D eigenvalue weighted by atomic mass is 16.5. The Kier molecular flexibility index (Phi) is 10.5. The van der Waals surface area contributed by atoms with Crippen LogP contribution in [-0.4, -0.2) is 6.61 Å². The Bertz CT molecular complexity index is 877. The number of unbranched alkanes of at least 4 members (excludes halogenated alkanes) is 6. The minimum Gasteiger partial charge on any atom is -0.490 e. The van der Waals surface area contributed by atoms with Gasteiger partial charge in [0, 0.05) is 6.07 Å². The van der Waals surface area contributed by atoms with E-state index in [9.17, 15) is 0 Å². The predicted molar refractivity (Wildman–Crippen MR) is 131 cm³/mol. The first-order valence-corrected chi connectivity index (χ1v) is 12.0. The van der Waals surface area contributed by atoms with Crippen LogP contribution in [0.3, 0.4) is 0 Å². The summed E-state index contributed by atoms with van der Waals surface area (Å²) in [7, 11) is 0. The van der Waals surface area contributed by atoms with Gasteiger partial charge in [0.05, 0.1) is 6.61 Å². The first-order valence-electron chi connectivity index (χ1n) is 12.0. The molecule has 3 aromatic rings. The summed E-state index contributed by atoms with van der Waals surface area (Å²) in [6.45, 7) is 3.98. The lowest BCUT2D eigenvalue weighted by Crippen LogP contribution is -2.03. The van der Waals surface area contributed by atoms with Crippen LogP contribution in [0.1, 0.15) is 63.0 Å². The summed E-state index contributed by atoms with van der Waals surface area (Å²) in [4.78, 5) is 0. The molecular formula is C29H36O3. The summed E-state index contributed by atoms with van der Waals surface area (Å²) in [5, 5.41) is 0. The van der Waals surface area contributed by atoms with Crippen molar-refractivity contribution in [1.82, 2.24) is 0 Å². The number of rotatable bonds is 15. The highest BCUT2D eigenvalue weighted by molar-refractivity contribution is 5.45. The van der Waals surface area contributed by atoms with Crippen molar-refractivity contribution < 1.29 is 14.2 Å². The SMILES string of the molecule is CCCCCCCCCOc1ccc(OCc2ccccc2)cc1OCc1ccccc1. The molecule has 0 aliphatic heterocycles. The summed E-state index contributed by atoms with van der Waals surface area (Å²) in [5.74, 6) is 2.28. The van der Waals surface area contributed by atoms with E-state index in [-0.39, 0.29) is 0 Å². The fraction of sp³-hybridized carbons (Fsp3) is 0.379.